The van der Waals surface area contributed by atoms with Gasteiger partial charge in [0.1, 0.15) is 0 Å². The molecule has 2 heterocycles. The highest BCUT2D eigenvalue weighted by Gasteiger charge is 2.28. The summed E-state index contributed by atoms with van der Waals surface area (Å²) in [7, 11) is 0. The highest BCUT2D eigenvalue weighted by Crippen LogP contribution is 2.11. The van der Waals surface area contributed by atoms with Gasteiger partial charge in [0.05, 0.1) is 6.04 Å². The van der Waals surface area contributed by atoms with E-state index in [4.69, 9.17) is 0 Å². The number of nitrogens with one attached hydrogen (secondary N) is 2. The molecule has 2 rings (SSSR count). The van der Waals surface area contributed by atoms with Crippen molar-refractivity contribution in [2.75, 3.05) is 26.2 Å². The summed E-state index contributed by atoms with van der Waals surface area (Å²) in [6.45, 7) is 8.82. The van der Waals surface area contributed by atoms with Gasteiger partial charge in [0.15, 0.2) is 5.96 Å². The monoisotopic (exact) mass is 196 g/mol. The van der Waals surface area contributed by atoms with E-state index in [0.717, 1.165) is 38.6 Å². The fourth-order valence-corrected chi connectivity index (χ4v) is 1.85. The first-order valence-electron chi connectivity index (χ1n) is 5.54. The van der Waals surface area contributed by atoms with Crippen molar-refractivity contribution in [2.45, 2.75) is 32.4 Å². The van der Waals surface area contributed by atoms with Gasteiger partial charge in [-0.3, -0.25) is 9.89 Å². The first kappa shape index (κ1) is 9.77. The summed E-state index contributed by atoms with van der Waals surface area (Å²) in [6, 6.07) is 1.27. The maximum absolute atomic E-state index is 4.40. The van der Waals surface area contributed by atoms with Crippen LogP contribution < -0.4 is 10.6 Å². The van der Waals surface area contributed by atoms with E-state index in [2.05, 4.69) is 34.4 Å². The smallest absolute Gasteiger partial charge is 0.191 e. The molecule has 0 aromatic carbocycles. The molecule has 0 spiro atoms. The van der Waals surface area contributed by atoms with Crippen LogP contribution in [0.2, 0.25) is 0 Å². The lowest BCUT2D eigenvalue weighted by atomic mass is 10.1. The number of likely N-dealkylation sites (tertiary alicyclic amines) is 1. The Morgan fingerprint density at radius 2 is 2.29 bits per heavy atom. The van der Waals surface area contributed by atoms with Crippen molar-refractivity contribution in [2.24, 2.45) is 4.99 Å². The molecule has 0 aromatic rings. The molecule has 4 heteroatoms. The summed E-state index contributed by atoms with van der Waals surface area (Å²) < 4.78 is 0. The molecule has 2 aliphatic heterocycles. The third-order valence-electron chi connectivity index (χ3n) is 2.88. The quantitative estimate of drug-likeness (QED) is 0.654. The minimum atomic E-state index is 0.599. The number of nitrogens with zero attached hydrogens (tertiary/aromatic N) is 2. The molecule has 80 valence electrons. The van der Waals surface area contributed by atoms with Crippen LogP contribution >= 0.6 is 0 Å². The van der Waals surface area contributed by atoms with E-state index >= 15 is 0 Å². The van der Waals surface area contributed by atoms with Gasteiger partial charge in [0, 0.05) is 32.2 Å². The van der Waals surface area contributed by atoms with Gasteiger partial charge in [0.2, 0.25) is 0 Å². The average molecular weight is 196 g/mol. The topological polar surface area (TPSA) is 39.7 Å². The van der Waals surface area contributed by atoms with Crippen molar-refractivity contribution in [3.05, 3.63) is 0 Å². The van der Waals surface area contributed by atoms with Gasteiger partial charge in [0.25, 0.3) is 0 Å². The van der Waals surface area contributed by atoms with Crippen LogP contribution in [0.4, 0.5) is 0 Å². The molecular weight excluding hydrogens is 176 g/mol. The van der Waals surface area contributed by atoms with Gasteiger partial charge in [-0.15, -0.1) is 0 Å². The second-order valence-electron chi connectivity index (χ2n) is 4.40. The highest BCUT2D eigenvalue weighted by molar-refractivity contribution is 5.80. The second-order valence-corrected chi connectivity index (χ2v) is 4.40. The van der Waals surface area contributed by atoms with E-state index < -0.39 is 0 Å². The molecule has 0 aliphatic carbocycles. The summed E-state index contributed by atoms with van der Waals surface area (Å²) >= 11 is 0. The Kier molecular flexibility index (Phi) is 2.91. The maximum Gasteiger partial charge on any atom is 0.191 e. The first-order valence-corrected chi connectivity index (χ1v) is 5.54. The SMILES string of the molecule is CC(C)N1CC(NC2=NCCCN2)C1. The minimum Gasteiger partial charge on any atom is -0.356 e. The van der Waals surface area contributed by atoms with Crippen LogP contribution in [-0.4, -0.2) is 49.1 Å². The van der Waals surface area contributed by atoms with Gasteiger partial charge in [-0.25, -0.2) is 0 Å². The highest BCUT2D eigenvalue weighted by atomic mass is 15.3. The third kappa shape index (κ3) is 2.18. The number of guanidine groups is 1. The maximum atomic E-state index is 4.40. The zero-order valence-electron chi connectivity index (χ0n) is 9.08. The largest absolute Gasteiger partial charge is 0.356 e. The zero-order chi connectivity index (χ0) is 9.97. The Morgan fingerprint density at radius 3 is 2.86 bits per heavy atom. The predicted molar refractivity (Wildman–Crippen MR) is 58.6 cm³/mol. The molecule has 14 heavy (non-hydrogen) atoms. The molecule has 1 fully saturated rings. The molecule has 2 aliphatic rings. The van der Waals surface area contributed by atoms with Crippen LogP contribution in [0.1, 0.15) is 20.3 Å². The van der Waals surface area contributed by atoms with E-state index in [1.54, 1.807) is 0 Å². The number of hydrogen-bond donors (Lipinski definition) is 2. The van der Waals surface area contributed by atoms with E-state index in [0.29, 0.717) is 12.1 Å². The molecule has 0 radical (unpaired) electrons. The van der Waals surface area contributed by atoms with Crippen molar-refractivity contribution < 1.29 is 0 Å². The standard InChI is InChI=1S/C10H20N4/c1-8(2)14-6-9(7-14)13-10-11-4-3-5-12-10/h8-9H,3-7H2,1-2H3,(H2,11,12,13). The van der Waals surface area contributed by atoms with Crippen LogP contribution in [0.3, 0.4) is 0 Å². The van der Waals surface area contributed by atoms with Gasteiger partial charge in [-0.2, -0.15) is 0 Å². The normalized spacial score (nSPS) is 24.1. The Labute approximate surface area is 85.8 Å². The predicted octanol–water partition coefficient (Wildman–Crippen LogP) is 0.0179. The molecular formula is C10H20N4. The molecule has 0 saturated carbocycles. The van der Waals surface area contributed by atoms with Crippen molar-refractivity contribution in [1.82, 2.24) is 15.5 Å². The van der Waals surface area contributed by atoms with Gasteiger partial charge < -0.3 is 10.6 Å². The molecule has 1 saturated heterocycles. The Hall–Kier alpha value is -0.770. The van der Waals surface area contributed by atoms with Crippen molar-refractivity contribution in [3.63, 3.8) is 0 Å². The molecule has 0 bridgehead atoms. The molecule has 2 N–H and O–H groups in total. The number of hydrogen-bond acceptors (Lipinski definition) is 4. The summed E-state index contributed by atoms with van der Waals surface area (Å²) in [4.78, 5) is 6.86. The zero-order valence-corrected chi connectivity index (χ0v) is 9.08. The molecule has 0 amide bonds. The van der Waals surface area contributed by atoms with Crippen LogP contribution in [-0.2, 0) is 0 Å². The van der Waals surface area contributed by atoms with E-state index in [9.17, 15) is 0 Å². The summed E-state index contributed by atoms with van der Waals surface area (Å²) in [5.41, 5.74) is 0. The fourth-order valence-electron chi connectivity index (χ4n) is 1.85. The van der Waals surface area contributed by atoms with Crippen LogP contribution in [0.15, 0.2) is 4.99 Å². The Balaban J connectivity index is 1.70. The summed E-state index contributed by atoms with van der Waals surface area (Å²) in [6.07, 6.45) is 1.16. The van der Waals surface area contributed by atoms with Gasteiger partial charge >= 0.3 is 0 Å². The summed E-state index contributed by atoms with van der Waals surface area (Å²) in [5, 5.41) is 6.72. The lowest BCUT2D eigenvalue weighted by molar-refractivity contribution is 0.102. The number of aliphatic imine (C=N–C) groups is 1. The molecule has 0 unspecified atom stereocenters. The van der Waals surface area contributed by atoms with Crippen LogP contribution in [0.5, 0.6) is 0 Å². The van der Waals surface area contributed by atoms with Gasteiger partial charge in [-0.05, 0) is 20.3 Å². The number of rotatable bonds is 2. The Bertz CT molecular complexity index is 218. The summed E-state index contributed by atoms with van der Waals surface area (Å²) in [5.74, 6) is 1.00. The molecule has 0 atom stereocenters. The van der Waals surface area contributed by atoms with Crippen LogP contribution in [0, 0.1) is 0 Å². The average Bonchev–Trinajstić information content (AvgIpc) is 2.12. The minimum absolute atomic E-state index is 0.599. The first-order chi connectivity index (χ1) is 6.75. The molecule has 0 aromatic heterocycles. The van der Waals surface area contributed by atoms with Crippen molar-refractivity contribution in [1.29, 1.82) is 0 Å². The van der Waals surface area contributed by atoms with E-state index in [1.807, 2.05) is 0 Å². The van der Waals surface area contributed by atoms with Crippen molar-refractivity contribution >= 4 is 5.96 Å². The fraction of sp³-hybridized carbons (Fsp3) is 0.900. The lowest BCUT2D eigenvalue weighted by Gasteiger charge is -2.43. The lowest BCUT2D eigenvalue weighted by Crippen LogP contribution is -2.63. The third-order valence-corrected chi connectivity index (χ3v) is 2.88. The van der Waals surface area contributed by atoms with Gasteiger partial charge in [-0.1, -0.05) is 0 Å². The molecule has 4 nitrogen and oxygen atoms in total. The van der Waals surface area contributed by atoms with Crippen molar-refractivity contribution in [3.8, 4) is 0 Å². The van der Waals surface area contributed by atoms with Crippen LogP contribution in [0.25, 0.3) is 0 Å². The van der Waals surface area contributed by atoms with E-state index in [-0.39, 0.29) is 0 Å². The Morgan fingerprint density at radius 1 is 1.50 bits per heavy atom. The second kappa shape index (κ2) is 4.17. The van der Waals surface area contributed by atoms with E-state index in [1.165, 1.54) is 0 Å².